The van der Waals surface area contributed by atoms with E-state index in [9.17, 15) is 4.79 Å². The molecule has 5 heteroatoms. The van der Waals surface area contributed by atoms with E-state index >= 15 is 0 Å². The molecule has 0 radical (unpaired) electrons. The van der Waals surface area contributed by atoms with E-state index in [0.717, 1.165) is 44.1 Å². The number of hydrogen-bond donors (Lipinski definition) is 1. The molecule has 1 aliphatic rings. The van der Waals surface area contributed by atoms with Crippen molar-refractivity contribution in [2.75, 3.05) is 19.6 Å². The topological polar surface area (TPSA) is 66.6 Å². The molecule has 1 N–H and O–H groups in total. The molecule has 0 bridgehead atoms. The smallest absolute Gasteiger partial charge is 0.303 e. The first-order valence-electron chi connectivity index (χ1n) is 6.57. The molecule has 5 nitrogen and oxygen atoms in total. The number of aryl methyl sites for hydroxylation is 1. The number of aliphatic carboxylic acids is 1. The van der Waals surface area contributed by atoms with Crippen molar-refractivity contribution in [1.29, 1.82) is 0 Å². The van der Waals surface area contributed by atoms with Crippen molar-refractivity contribution >= 4 is 5.97 Å². The Bertz CT molecular complexity index is 395. The second-order valence-corrected chi connectivity index (χ2v) is 4.78. The Morgan fingerprint density at radius 2 is 2.28 bits per heavy atom. The maximum atomic E-state index is 10.5. The molecule has 1 saturated heterocycles. The summed E-state index contributed by atoms with van der Waals surface area (Å²) in [7, 11) is 0. The second-order valence-electron chi connectivity index (χ2n) is 4.78. The SMILES string of the molecule is CCN1CCC(c2nc(CCC(=O)O)co2)CC1. The minimum absolute atomic E-state index is 0.111. The standard InChI is InChI=1S/C13H20N2O3/c1-2-15-7-5-10(6-8-15)13-14-11(9-18-13)3-4-12(16)17/h9-10H,2-8H2,1H3,(H,16,17). The Hall–Kier alpha value is -1.36. The predicted octanol–water partition coefficient (Wildman–Crippen LogP) is 1.89. The highest BCUT2D eigenvalue weighted by Crippen LogP contribution is 2.27. The molecule has 1 aliphatic heterocycles. The van der Waals surface area contributed by atoms with Crippen LogP contribution in [0.3, 0.4) is 0 Å². The van der Waals surface area contributed by atoms with E-state index in [4.69, 9.17) is 9.52 Å². The minimum atomic E-state index is -0.796. The summed E-state index contributed by atoms with van der Waals surface area (Å²) in [5.74, 6) is 0.383. The number of carbonyl (C=O) groups is 1. The molecule has 0 unspecified atom stereocenters. The van der Waals surface area contributed by atoms with Crippen LogP contribution in [0.1, 0.15) is 43.7 Å². The summed E-state index contributed by atoms with van der Waals surface area (Å²) >= 11 is 0. The Labute approximate surface area is 107 Å². The maximum Gasteiger partial charge on any atom is 0.303 e. The molecule has 1 aromatic rings. The highest BCUT2D eigenvalue weighted by Gasteiger charge is 2.23. The lowest BCUT2D eigenvalue weighted by atomic mass is 9.97. The first kappa shape index (κ1) is 13.1. The Balaban J connectivity index is 1.88. The van der Waals surface area contributed by atoms with Gasteiger partial charge in [-0.15, -0.1) is 0 Å². The van der Waals surface area contributed by atoms with Crippen molar-refractivity contribution in [3.8, 4) is 0 Å². The molecule has 0 spiro atoms. The fourth-order valence-electron chi connectivity index (χ4n) is 2.36. The van der Waals surface area contributed by atoms with Gasteiger partial charge in [0.2, 0.25) is 0 Å². The third-order valence-electron chi connectivity index (χ3n) is 3.55. The molecule has 2 rings (SSSR count). The lowest BCUT2D eigenvalue weighted by Crippen LogP contribution is -2.32. The van der Waals surface area contributed by atoms with Crippen LogP contribution >= 0.6 is 0 Å². The van der Waals surface area contributed by atoms with E-state index in [0.29, 0.717) is 12.3 Å². The number of hydrogen-bond acceptors (Lipinski definition) is 4. The fourth-order valence-corrected chi connectivity index (χ4v) is 2.36. The Morgan fingerprint density at radius 1 is 1.56 bits per heavy atom. The molecule has 1 fully saturated rings. The van der Waals surface area contributed by atoms with Gasteiger partial charge in [0.15, 0.2) is 5.89 Å². The lowest BCUT2D eigenvalue weighted by Gasteiger charge is -2.29. The van der Waals surface area contributed by atoms with Gasteiger partial charge in [0.05, 0.1) is 12.1 Å². The van der Waals surface area contributed by atoms with Gasteiger partial charge in [0.1, 0.15) is 6.26 Å². The Morgan fingerprint density at radius 3 is 2.89 bits per heavy atom. The minimum Gasteiger partial charge on any atom is -0.481 e. The van der Waals surface area contributed by atoms with Crippen LogP contribution in [0.15, 0.2) is 10.7 Å². The number of carboxylic acids is 1. The molecular weight excluding hydrogens is 232 g/mol. The van der Waals surface area contributed by atoms with E-state index in [1.807, 2.05) is 0 Å². The van der Waals surface area contributed by atoms with Crippen molar-refractivity contribution in [3.05, 3.63) is 17.8 Å². The molecule has 0 amide bonds. The van der Waals surface area contributed by atoms with Crippen molar-refractivity contribution in [2.45, 2.75) is 38.5 Å². The van der Waals surface area contributed by atoms with E-state index in [1.54, 1.807) is 6.26 Å². The maximum absolute atomic E-state index is 10.5. The first-order valence-corrected chi connectivity index (χ1v) is 6.57. The molecule has 2 heterocycles. The highest BCUT2D eigenvalue weighted by atomic mass is 16.4. The molecule has 0 aromatic carbocycles. The monoisotopic (exact) mass is 252 g/mol. The van der Waals surface area contributed by atoms with Crippen LogP contribution in [0.4, 0.5) is 0 Å². The summed E-state index contributed by atoms with van der Waals surface area (Å²) in [6.07, 6.45) is 4.32. The zero-order valence-corrected chi connectivity index (χ0v) is 10.8. The van der Waals surface area contributed by atoms with Gasteiger partial charge in [-0.1, -0.05) is 6.92 Å². The average molecular weight is 252 g/mol. The number of rotatable bonds is 5. The van der Waals surface area contributed by atoms with Gasteiger partial charge >= 0.3 is 5.97 Å². The number of piperidine rings is 1. The zero-order valence-electron chi connectivity index (χ0n) is 10.8. The van der Waals surface area contributed by atoms with Gasteiger partial charge in [-0.3, -0.25) is 4.79 Å². The van der Waals surface area contributed by atoms with Gasteiger partial charge in [-0.2, -0.15) is 0 Å². The molecule has 18 heavy (non-hydrogen) atoms. The van der Waals surface area contributed by atoms with Gasteiger partial charge in [0, 0.05) is 12.3 Å². The van der Waals surface area contributed by atoms with Crippen LogP contribution in [0.25, 0.3) is 0 Å². The van der Waals surface area contributed by atoms with Gasteiger partial charge in [-0.25, -0.2) is 4.98 Å². The number of carboxylic acid groups (broad SMARTS) is 1. The van der Waals surface area contributed by atoms with Crippen LogP contribution in [0.2, 0.25) is 0 Å². The number of oxazole rings is 1. The van der Waals surface area contributed by atoms with Crippen molar-refractivity contribution in [3.63, 3.8) is 0 Å². The van der Waals surface area contributed by atoms with Crippen molar-refractivity contribution < 1.29 is 14.3 Å². The second kappa shape index (κ2) is 6.00. The zero-order chi connectivity index (χ0) is 13.0. The van der Waals surface area contributed by atoms with Gasteiger partial charge in [0.25, 0.3) is 0 Å². The van der Waals surface area contributed by atoms with Gasteiger partial charge < -0.3 is 14.4 Å². The summed E-state index contributed by atoms with van der Waals surface area (Å²) in [6, 6.07) is 0. The van der Waals surface area contributed by atoms with E-state index in [1.165, 1.54) is 0 Å². The first-order chi connectivity index (χ1) is 8.69. The quantitative estimate of drug-likeness (QED) is 0.866. The fraction of sp³-hybridized carbons (Fsp3) is 0.692. The average Bonchev–Trinajstić information content (AvgIpc) is 2.85. The van der Waals surface area contributed by atoms with Crippen LogP contribution < -0.4 is 0 Å². The summed E-state index contributed by atoms with van der Waals surface area (Å²) < 4.78 is 5.48. The summed E-state index contributed by atoms with van der Waals surface area (Å²) in [5, 5.41) is 8.62. The highest BCUT2D eigenvalue weighted by molar-refractivity contribution is 5.66. The molecule has 1 aromatic heterocycles. The third-order valence-corrected chi connectivity index (χ3v) is 3.55. The largest absolute Gasteiger partial charge is 0.481 e. The summed E-state index contributed by atoms with van der Waals surface area (Å²) in [4.78, 5) is 17.3. The van der Waals surface area contributed by atoms with Crippen LogP contribution in [-0.2, 0) is 11.2 Å². The number of aromatic nitrogens is 1. The molecule has 0 aliphatic carbocycles. The Kier molecular flexibility index (Phi) is 4.36. The lowest BCUT2D eigenvalue weighted by molar-refractivity contribution is -0.136. The molecule has 0 atom stereocenters. The van der Waals surface area contributed by atoms with Gasteiger partial charge in [-0.05, 0) is 32.5 Å². The van der Waals surface area contributed by atoms with Crippen molar-refractivity contribution in [2.24, 2.45) is 0 Å². The van der Waals surface area contributed by atoms with E-state index in [2.05, 4.69) is 16.8 Å². The normalized spacial score (nSPS) is 18.1. The number of nitrogens with zero attached hydrogens (tertiary/aromatic N) is 2. The van der Waals surface area contributed by atoms with E-state index < -0.39 is 5.97 Å². The molecule has 0 saturated carbocycles. The molecular formula is C13H20N2O3. The summed E-state index contributed by atoms with van der Waals surface area (Å²) in [6.45, 7) is 5.46. The van der Waals surface area contributed by atoms with Crippen LogP contribution in [-0.4, -0.2) is 40.6 Å². The molecule has 100 valence electrons. The number of likely N-dealkylation sites (tertiary alicyclic amines) is 1. The summed E-state index contributed by atoms with van der Waals surface area (Å²) in [5.41, 5.74) is 0.755. The van der Waals surface area contributed by atoms with Crippen LogP contribution in [0, 0.1) is 0 Å². The van der Waals surface area contributed by atoms with E-state index in [-0.39, 0.29) is 6.42 Å². The third kappa shape index (κ3) is 3.32. The predicted molar refractivity (Wildman–Crippen MR) is 66.5 cm³/mol. The van der Waals surface area contributed by atoms with Crippen LogP contribution in [0.5, 0.6) is 0 Å². The van der Waals surface area contributed by atoms with Crippen molar-refractivity contribution in [1.82, 2.24) is 9.88 Å².